The van der Waals surface area contributed by atoms with E-state index < -0.39 is 22.4 Å². The number of hydrogen-bond donors (Lipinski definition) is 2. The molecule has 0 aliphatic heterocycles. The summed E-state index contributed by atoms with van der Waals surface area (Å²) in [5, 5.41) is 6.11. The van der Waals surface area contributed by atoms with Crippen LogP contribution in [0, 0.1) is 11.6 Å². The highest BCUT2D eigenvalue weighted by Gasteiger charge is 2.05. The summed E-state index contributed by atoms with van der Waals surface area (Å²) in [6.07, 6.45) is 0. The summed E-state index contributed by atoms with van der Waals surface area (Å²) in [6, 6.07) is 13.0. The summed E-state index contributed by atoms with van der Waals surface area (Å²) < 4.78 is 39.0. The lowest BCUT2D eigenvalue weighted by Crippen LogP contribution is -2.39. The number of nitrogens with zero attached hydrogens (tertiary/aromatic N) is 1. The zero-order valence-electron chi connectivity index (χ0n) is 15.1. The average Bonchev–Trinajstić information content (AvgIpc) is 2.63. The van der Waals surface area contributed by atoms with Crippen molar-refractivity contribution in [3.8, 4) is 0 Å². The molecule has 2 aromatic rings. The molecular weight excluding hydrogens is 483 g/mol. The average molecular weight is 507 g/mol. The Bertz CT molecular complexity index is 760. The molecule has 2 rings (SSSR count). The van der Waals surface area contributed by atoms with Gasteiger partial charge in [-0.3, -0.25) is 4.21 Å². The van der Waals surface area contributed by atoms with Crippen molar-refractivity contribution >= 4 is 40.7 Å². The van der Waals surface area contributed by atoms with Crippen molar-refractivity contribution in [3.05, 3.63) is 71.3 Å². The maximum Gasteiger partial charge on any atom is 0.191 e. The van der Waals surface area contributed by atoms with Gasteiger partial charge in [0.1, 0.15) is 11.6 Å². The predicted octanol–water partition coefficient (Wildman–Crippen LogP) is 3.59. The van der Waals surface area contributed by atoms with Crippen molar-refractivity contribution in [2.45, 2.75) is 19.2 Å². The fourth-order valence-electron chi connectivity index (χ4n) is 2.29. The molecule has 0 radical (unpaired) electrons. The standard InChI is InChI=1S/C19H23F2N3OS.HI/c1-2-22-19(24-13-16-12-17(20)8-9-18(16)21)23-10-11-26(25)14-15-6-4-3-5-7-15;/h3-9,12H,2,10-11,13-14H2,1H3,(H2,22,23,24);1H. The van der Waals surface area contributed by atoms with Crippen LogP contribution in [0.4, 0.5) is 8.78 Å². The topological polar surface area (TPSA) is 53.5 Å². The fourth-order valence-corrected chi connectivity index (χ4v) is 3.32. The van der Waals surface area contributed by atoms with E-state index in [0.29, 0.717) is 30.6 Å². The molecule has 0 saturated heterocycles. The fraction of sp³-hybridized carbons (Fsp3) is 0.316. The van der Waals surface area contributed by atoms with Gasteiger partial charge in [0.2, 0.25) is 0 Å². The lowest BCUT2D eigenvalue weighted by Gasteiger charge is -2.11. The number of nitrogens with one attached hydrogen (secondary N) is 2. The van der Waals surface area contributed by atoms with Crippen molar-refractivity contribution in [3.63, 3.8) is 0 Å². The number of halogens is 3. The summed E-state index contributed by atoms with van der Waals surface area (Å²) in [4.78, 5) is 4.26. The number of hydrogen-bond acceptors (Lipinski definition) is 2. The second-order valence-corrected chi connectivity index (χ2v) is 7.21. The molecule has 0 bridgehead atoms. The summed E-state index contributed by atoms with van der Waals surface area (Å²) >= 11 is 0. The first kappa shape index (κ1) is 23.5. The highest BCUT2D eigenvalue weighted by atomic mass is 127. The Balaban J connectivity index is 0.00000364. The zero-order valence-corrected chi connectivity index (χ0v) is 18.2. The molecule has 0 fully saturated rings. The summed E-state index contributed by atoms with van der Waals surface area (Å²) in [6.45, 7) is 3.03. The highest BCUT2D eigenvalue weighted by molar-refractivity contribution is 14.0. The van der Waals surface area contributed by atoms with E-state index in [4.69, 9.17) is 0 Å². The van der Waals surface area contributed by atoms with Crippen LogP contribution in [0.25, 0.3) is 0 Å². The largest absolute Gasteiger partial charge is 0.357 e. The molecule has 2 N–H and O–H groups in total. The van der Waals surface area contributed by atoms with Gasteiger partial charge < -0.3 is 10.6 Å². The van der Waals surface area contributed by atoms with Crippen molar-refractivity contribution < 1.29 is 13.0 Å². The Morgan fingerprint density at radius 1 is 1.11 bits per heavy atom. The van der Waals surface area contributed by atoms with Gasteiger partial charge in [-0.1, -0.05) is 30.3 Å². The van der Waals surface area contributed by atoms with Gasteiger partial charge in [-0.25, -0.2) is 13.8 Å². The molecule has 148 valence electrons. The van der Waals surface area contributed by atoms with E-state index in [1.54, 1.807) is 0 Å². The normalized spacial score (nSPS) is 12.2. The van der Waals surface area contributed by atoms with Crippen LogP contribution in [0.2, 0.25) is 0 Å². The molecule has 0 heterocycles. The van der Waals surface area contributed by atoms with Gasteiger partial charge in [0.15, 0.2) is 5.96 Å². The second-order valence-electron chi connectivity index (χ2n) is 5.63. The summed E-state index contributed by atoms with van der Waals surface area (Å²) in [7, 11) is -0.993. The molecule has 0 aromatic heterocycles. The Kier molecular flexibility index (Phi) is 11.1. The van der Waals surface area contributed by atoms with E-state index in [9.17, 15) is 13.0 Å². The van der Waals surface area contributed by atoms with E-state index in [0.717, 1.165) is 23.8 Å². The third-order valence-electron chi connectivity index (χ3n) is 3.55. The second kappa shape index (κ2) is 12.8. The SMILES string of the molecule is CCNC(=NCc1cc(F)ccc1F)NCCS(=O)Cc1ccccc1.I. The monoisotopic (exact) mass is 507 g/mol. The highest BCUT2D eigenvalue weighted by Crippen LogP contribution is 2.10. The maximum atomic E-state index is 13.7. The Hall–Kier alpha value is -1.55. The maximum absolute atomic E-state index is 13.7. The van der Waals surface area contributed by atoms with E-state index >= 15 is 0 Å². The minimum Gasteiger partial charge on any atom is -0.357 e. The molecular formula is C19H24F2IN3OS. The minimum atomic E-state index is -0.993. The van der Waals surface area contributed by atoms with Crippen molar-refractivity contribution in [2.75, 3.05) is 18.8 Å². The smallest absolute Gasteiger partial charge is 0.191 e. The van der Waals surface area contributed by atoms with Crippen LogP contribution in [0.3, 0.4) is 0 Å². The quantitative estimate of drug-likeness (QED) is 0.327. The minimum absolute atomic E-state index is 0. The number of aliphatic imine (C=N–C) groups is 1. The molecule has 8 heteroatoms. The number of guanidine groups is 1. The van der Waals surface area contributed by atoms with Crippen LogP contribution >= 0.6 is 24.0 Å². The van der Waals surface area contributed by atoms with Gasteiger partial charge in [0.25, 0.3) is 0 Å². The first-order valence-corrected chi connectivity index (χ1v) is 9.92. The zero-order chi connectivity index (χ0) is 18.8. The van der Waals surface area contributed by atoms with Gasteiger partial charge in [-0.15, -0.1) is 24.0 Å². The van der Waals surface area contributed by atoms with Crippen LogP contribution < -0.4 is 10.6 Å². The lowest BCUT2D eigenvalue weighted by atomic mass is 10.2. The van der Waals surface area contributed by atoms with Crippen LogP contribution in [0.5, 0.6) is 0 Å². The van der Waals surface area contributed by atoms with Gasteiger partial charge >= 0.3 is 0 Å². The van der Waals surface area contributed by atoms with Crippen LogP contribution in [0.1, 0.15) is 18.1 Å². The van der Waals surface area contributed by atoms with Crippen molar-refractivity contribution in [1.82, 2.24) is 10.6 Å². The van der Waals surface area contributed by atoms with Crippen LogP contribution in [-0.2, 0) is 23.1 Å². The third-order valence-corrected chi connectivity index (χ3v) is 4.87. The number of benzene rings is 2. The van der Waals surface area contributed by atoms with E-state index in [1.807, 2.05) is 37.3 Å². The molecule has 0 saturated carbocycles. The molecule has 1 atom stereocenters. The summed E-state index contributed by atoms with van der Waals surface area (Å²) in [5.41, 5.74) is 1.22. The molecule has 0 aliphatic rings. The van der Waals surface area contributed by atoms with Gasteiger partial charge in [0, 0.05) is 41.0 Å². The van der Waals surface area contributed by atoms with Crippen LogP contribution in [0.15, 0.2) is 53.5 Å². The first-order chi connectivity index (χ1) is 12.6. The molecule has 1 unspecified atom stereocenters. The predicted molar refractivity (Wildman–Crippen MR) is 118 cm³/mol. The number of rotatable bonds is 8. The molecule has 0 spiro atoms. The Labute approximate surface area is 178 Å². The van der Waals surface area contributed by atoms with Gasteiger partial charge in [0.05, 0.1) is 6.54 Å². The molecule has 27 heavy (non-hydrogen) atoms. The van der Waals surface area contributed by atoms with E-state index in [1.165, 1.54) is 0 Å². The third kappa shape index (κ3) is 8.79. The first-order valence-electron chi connectivity index (χ1n) is 8.43. The molecule has 0 amide bonds. The van der Waals surface area contributed by atoms with Crippen molar-refractivity contribution in [2.24, 2.45) is 4.99 Å². The molecule has 2 aromatic carbocycles. The Morgan fingerprint density at radius 3 is 2.56 bits per heavy atom. The molecule has 0 aliphatic carbocycles. The molecule has 4 nitrogen and oxygen atoms in total. The van der Waals surface area contributed by atoms with Gasteiger partial charge in [-0.05, 0) is 30.7 Å². The lowest BCUT2D eigenvalue weighted by molar-refractivity contribution is 0.585. The van der Waals surface area contributed by atoms with E-state index in [2.05, 4.69) is 15.6 Å². The van der Waals surface area contributed by atoms with Gasteiger partial charge in [-0.2, -0.15) is 0 Å². The van der Waals surface area contributed by atoms with Crippen molar-refractivity contribution in [1.29, 1.82) is 0 Å². The Morgan fingerprint density at radius 2 is 1.85 bits per heavy atom. The summed E-state index contributed by atoms with van der Waals surface area (Å²) in [5.74, 6) is 0.465. The van der Waals surface area contributed by atoms with Crippen LogP contribution in [-0.4, -0.2) is 29.0 Å². The van der Waals surface area contributed by atoms with E-state index in [-0.39, 0.29) is 36.1 Å².